The van der Waals surface area contributed by atoms with Crippen molar-refractivity contribution in [3.63, 3.8) is 0 Å². The molecule has 1 aliphatic heterocycles. The van der Waals surface area contributed by atoms with Crippen molar-refractivity contribution < 1.29 is 33.9 Å². The second-order valence-corrected chi connectivity index (χ2v) is 7.59. The molecule has 2 amide bonds. The lowest BCUT2D eigenvalue weighted by Gasteiger charge is -2.41. The maximum Gasteiger partial charge on any atom is 0.417 e. The molecule has 1 heterocycles. The Kier molecular flexibility index (Phi) is 4.21. The molecule has 0 unspecified atom stereocenters. The molecule has 1 saturated heterocycles. The topological polar surface area (TPSA) is 136 Å². The van der Waals surface area contributed by atoms with E-state index >= 15 is 0 Å². The monoisotopic (exact) mass is 370 g/mol. The minimum absolute atomic E-state index is 0.142. The van der Waals surface area contributed by atoms with Crippen molar-refractivity contribution in [2.75, 3.05) is 6.61 Å². The molecule has 1 N–H and O–H groups in total. The summed E-state index contributed by atoms with van der Waals surface area (Å²) in [6, 6.07) is -2.30. The van der Waals surface area contributed by atoms with Crippen molar-refractivity contribution in [3.8, 4) is 0 Å². The lowest BCUT2D eigenvalue weighted by molar-refractivity contribution is -0.519. The van der Waals surface area contributed by atoms with Crippen LogP contribution < -0.4 is 0 Å². The minimum atomic E-state index is -2.33. The molecule has 0 aromatic heterocycles. The van der Waals surface area contributed by atoms with Gasteiger partial charge in [0.2, 0.25) is 6.10 Å². The number of esters is 1. The number of nitro groups is 1. The summed E-state index contributed by atoms with van der Waals surface area (Å²) in [6.45, 7) is 5.16. The van der Waals surface area contributed by atoms with Crippen LogP contribution in [0.5, 0.6) is 0 Å². The molecular formula is C16H22N2O8. The van der Waals surface area contributed by atoms with Crippen LogP contribution in [-0.2, 0) is 19.1 Å². The van der Waals surface area contributed by atoms with Crippen LogP contribution in [0.3, 0.4) is 0 Å². The van der Waals surface area contributed by atoms with Crippen LogP contribution in [0.4, 0.5) is 4.79 Å². The van der Waals surface area contributed by atoms with Gasteiger partial charge in [0.05, 0.1) is 12.1 Å². The molecule has 3 aliphatic rings. The number of carbonyl (C=O) groups is 3. The number of aliphatic hydroxyl groups is 1. The van der Waals surface area contributed by atoms with E-state index in [0.29, 0.717) is 12.8 Å². The van der Waals surface area contributed by atoms with Crippen LogP contribution in [0, 0.1) is 21.4 Å². The summed E-state index contributed by atoms with van der Waals surface area (Å²) >= 11 is 0. The molecule has 1 spiro atoms. The van der Waals surface area contributed by atoms with Gasteiger partial charge in [-0.15, -0.1) is 0 Å². The summed E-state index contributed by atoms with van der Waals surface area (Å²) in [5, 5.41) is 21.5. The van der Waals surface area contributed by atoms with E-state index in [1.807, 2.05) is 13.8 Å². The smallest absolute Gasteiger partial charge is 0.417 e. The van der Waals surface area contributed by atoms with Crippen molar-refractivity contribution in [3.05, 3.63) is 10.1 Å². The highest BCUT2D eigenvalue weighted by molar-refractivity contribution is 5.99. The highest BCUT2D eigenvalue weighted by Crippen LogP contribution is 2.65. The summed E-state index contributed by atoms with van der Waals surface area (Å²) in [6.07, 6.45) is -1.87. The van der Waals surface area contributed by atoms with Crippen LogP contribution in [0.15, 0.2) is 0 Å². The van der Waals surface area contributed by atoms with E-state index in [-0.39, 0.29) is 12.5 Å². The zero-order valence-electron chi connectivity index (χ0n) is 14.8. The predicted octanol–water partition coefficient (Wildman–Crippen LogP) is 0.482. The normalized spacial score (nSPS) is 33.4. The van der Waals surface area contributed by atoms with Gasteiger partial charge in [0.15, 0.2) is 0 Å². The van der Waals surface area contributed by atoms with Gasteiger partial charge < -0.3 is 14.6 Å². The van der Waals surface area contributed by atoms with Gasteiger partial charge >= 0.3 is 18.1 Å². The Bertz CT molecular complexity index is 677. The van der Waals surface area contributed by atoms with Gasteiger partial charge in [-0.25, -0.2) is 14.5 Å². The predicted molar refractivity (Wildman–Crippen MR) is 84.4 cm³/mol. The third-order valence-electron chi connectivity index (χ3n) is 6.39. The van der Waals surface area contributed by atoms with Crippen LogP contribution in [0.25, 0.3) is 0 Å². The van der Waals surface area contributed by atoms with Crippen LogP contribution in [0.1, 0.15) is 40.0 Å². The second kappa shape index (κ2) is 5.90. The van der Waals surface area contributed by atoms with Gasteiger partial charge in [-0.2, -0.15) is 0 Å². The third kappa shape index (κ3) is 2.17. The molecular weight excluding hydrogens is 348 g/mol. The highest BCUT2D eigenvalue weighted by Gasteiger charge is 2.74. The number of imide groups is 1. The Hall–Kier alpha value is -2.23. The molecule has 2 bridgehead atoms. The fourth-order valence-electron chi connectivity index (χ4n) is 5.01. The average molecular weight is 370 g/mol. The minimum Gasteiger partial charge on any atom is -0.461 e. The number of ether oxygens (including phenoxy) is 2. The fraction of sp³-hybridized carbons (Fsp3) is 0.812. The van der Waals surface area contributed by atoms with Crippen molar-refractivity contribution >= 4 is 18.0 Å². The lowest BCUT2D eigenvalue weighted by atomic mass is 9.74. The van der Waals surface area contributed by atoms with Crippen molar-refractivity contribution in [2.45, 2.75) is 63.8 Å². The first-order valence-corrected chi connectivity index (χ1v) is 8.62. The Labute approximate surface area is 149 Å². The van der Waals surface area contributed by atoms with Gasteiger partial charge in [-0.05, 0) is 37.5 Å². The zero-order chi connectivity index (χ0) is 19.4. The molecule has 144 valence electrons. The molecule has 2 aliphatic carbocycles. The third-order valence-corrected chi connectivity index (χ3v) is 6.39. The zero-order valence-corrected chi connectivity index (χ0v) is 14.8. The van der Waals surface area contributed by atoms with Gasteiger partial charge in [0.1, 0.15) is 6.10 Å². The van der Waals surface area contributed by atoms with E-state index in [1.165, 1.54) is 6.92 Å². The van der Waals surface area contributed by atoms with E-state index in [0.717, 1.165) is 11.3 Å². The van der Waals surface area contributed by atoms with Gasteiger partial charge in [-0.3, -0.25) is 14.9 Å². The summed E-state index contributed by atoms with van der Waals surface area (Å²) in [5.41, 5.74) is -1.41. The molecule has 26 heavy (non-hydrogen) atoms. The highest BCUT2D eigenvalue weighted by atomic mass is 16.6. The first-order chi connectivity index (χ1) is 12.1. The number of nitrogens with zero attached hydrogens (tertiary/aromatic N) is 2. The molecule has 3 rings (SSSR count). The number of fused-ring (bicyclic) bond motifs is 1. The van der Waals surface area contributed by atoms with Crippen molar-refractivity contribution in [2.24, 2.45) is 11.3 Å². The Balaban J connectivity index is 1.94. The van der Waals surface area contributed by atoms with Gasteiger partial charge in [0, 0.05) is 4.92 Å². The van der Waals surface area contributed by atoms with E-state index in [4.69, 9.17) is 4.74 Å². The SMILES string of the molecule is CCOC(=O)[C@H]([C@H](O)C(=O)N1C(=O)O[C@@H]2C[C@H]3CC[C@]21C3(C)C)[N+](=O)[O-]. The molecule has 0 aromatic carbocycles. The summed E-state index contributed by atoms with van der Waals surface area (Å²) in [4.78, 5) is 48.1. The summed E-state index contributed by atoms with van der Waals surface area (Å²) < 4.78 is 9.93. The maximum atomic E-state index is 12.9. The lowest BCUT2D eigenvalue weighted by Crippen LogP contribution is -2.62. The molecule has 10 heteroatoms. The van der Waals surface area contributed by atoms with E-state index < -0.39 is 52.1 Å². The van der Waals surface area contributed by atoms with Crippen LogP contribution in [0.2, 0.25) is 0 Å². The summed E-state index contributed by atoms with van der Waals surface area (Å²) in [5.74, 6) is -2.28. The Morgan fingerprint density at radius 2 is 2.15 bits per heavy atom. The average Bonchev–Trinajstić information content (AvgIpc) is 3.05. The number of hydrogen-bond acceptors (Lipinski definition) is 8. The largest absolute Gasteiger partial charge is 0.461 e. The Morgan fingerprint density at radius 1 is 1.50 bits per heavy atom. The standard InChI is InChI=1S/C16H22N2O8/c1-4-25-13(21)10(18(23)24)11(19)12(20)17-14(22)26-9-7-8-5-6-16(9,17)15(8,2)3/h8-11,19H,4-7H2,1-3H3/t8-,9-,10+,11+,16-/m1/s1. The number of aliphatic hydroxyl groups excluding tert-OH is 1. The first-order valence-electron chi connectivity index (χ1n) is 8.62. The van der Waals surface area contributed by atoms with Crippen LogP contribution in [-0.4, -0.2) is 63.3 Å². The number of rotatable bonds is 5. The van der Waals surface area contributed by atoms with Crippen molar-refractivity contribution in [1.29, 1.82) is 0 Å². The molecule has 3 fully saturated rings. The number of amides is 2. The van der Waals surface area contributed by atoms with E-state index in [1.54, 1.807) is 0 Å². The maximum absolute atomic E-state index is 12.9. The Morgan fingerprint density at radius 3 is 2.69 bits per heavy atom. The second-order valence-electron chi connectivity index (χ2n) is 7.59. The molecule has 10 nitrogen and oxygen atoms in total. The van der Waals surface area contributed by atoms with Gasteiger partial charge in [0.25, 0.3) is 5.91 Å². The first kappa shape index (κ1) is 18.6. The fourth-order valence-corrected chi connectivity index (χ4v) is 5.01. The van der Waals surface area contributed by atoms with Gasteiger partial charge in [-0.1, -0.05) is 13.8 Å². The summed E-state index contributed by atoms with van der Waals surface area (Å²) in [7, 11) is 0. The van der Waals surface area contributed by atoms with Crippen LogP contribution >= 0.6 is 0 Å². The quantitative estimate of drug-likeness (QED) is 0.419. The van der Waals surface area contributed by atoms with E-state index in [2.05, 4.69) is 4.74 Å². The number of carbonyl (C=O) groups excluding carboxylic acids is 3. The molecule has 0 radical (unpaired) electrons. The van der Waals surface area contributed by atoms with Crippen molar-refractivity contribution in [1.82, 2.24) is 4.90 Å². The molecule has 2 saturated carbocycles. The molecule has 0 aromatic rings. The van der Waals surface area contributed by atoms with E-state index in [9.17, 15) is 29.6 Å². The number of hydrogen-bond donors (Lipinski definition) is 1. The molecule has 5 atom stereocenters.